The van der Waals surface area contributed by atoms with Crippen LogP contribution in [0.2, 0.25) is 0 Å². The number of fused-ring (bicyclic) bond motifs is 6. The van der Waals surface area contributed by atoms with Crippen molar-refractivity contribution in [2.45, 2.75) is 12.8 Å². The summed E-state index contributed by atoms with van der Waals surface area (Å²) in [5, 5.41) is 4.41. The van der Waals surface area contributed by atoms with Crippen LogP contribution in [0, 0.1) is 0 Å². The molecule has 8 aromatic carbocycles. The van der Waals surface area contributed by atoms with Crippen molar-refractivity contribution in [3.8, 4) is 62.1 Å². The van der Waals surface area contributed by atoms with Crippen molar-refractivity contribution in [1.29, 1.82) is 0 Å². The Bertz CT molecular complexity index is 3540. The topological polar surface area (TPSA) is 56.7 Å². The minimum absolute atomic E-state index is 0.590. The molecule has 1 aliphatic rings. The van der Waals surface area contributed by atoms with Crippen molar-refractivity contribution in [2.75, 3.05) is 0 Å². The van der Waals surface area contributed by atoms with Crippen molar-refractivity contribution in [1.82, 2.24) is 19.5 Å². The molecule has 0 bridgehead atoms. The van der Waals surface area contributed by atoms with E-state index in [2.05, 4.69) is 193 Å². The zero-order valence-corrected chi connectivity index (χ0v) is 33.7. The SMILES string of the molecule is C1=CC(c2ccc(-c3nc(-c4ccc(-c5ccccc5)cc4)nc(-c4cccc5oc6cc(-n7c8ccccc8c8c(-c9ccccc9)cccc87)ccc6c45)n3)cc2)=CCC1. The summed E-state index contributed by atoms with van der Waals surface area (Å²) in [6.07, 6.45) is 8.89. The van der Waals surface area contributed by atoms with Crippen LogP contribution in [0.4, 0.5) is 0 Å². The first kappa shape index (κ1) is 35.8. The van der Waals surface area contributed by atoms with Crippen molar-refractivity contribution in [2.24, 2.45) is 0 Å². The van der Waals surface area contributed by atoms with Gasteiger partial charge in [0.1, 0.15) is 11.2 Å². The monoisotopic (exact) mass is 794 g/mol. The summed E-state index contributed by atoms with van der Waals surface area (Å²) in [7, 11) is 0. The first-order valence-corrected chi connectivity index (χ1v) is 21.2. The van der Waals surface area contributed by atoms with Gasteiger partial charge in [-0.05, 0) is 76.6 Å². The van der Waals surface area contributed by atoms with E-state index >= 15 is 0 Å². The third kappa shape index (κ3) is 6.13. The average Bonchev–Trinajstić information content (AvgIpc) is 3.90. The van der Waals surface area contributed by atoms with Gasteiger partial charge < -0.3 is 8.98 Å². The molecule has 0 radical (unpaired) electrons. The van der Waals surface area contributed by atoms with E-state index in [4.69, 9.17) is 19.4 Å². The van der Waals surface area contributed by atoms with Gasteiger partial charge in [-0.2, -0.15) is 0 Å². The van der Waals surface area contributed by atoms with E-state index in [1.165, 1.54) is 33.0 Å². The molecule has 12 rings (SSSR count). The number of aromatic nitrogens is 4. The second kappa shape index (κ2) is 14.8. The molecule has 0 saturated heterocycles. The molecule has 5 nitrogen and oxygen atoms in total. The zero-order valence-electron chi connectivity index (χ0n) is 33.7. The maximum Gasteiger partial charge on any atom is 0.164 e. The van der Waals surface area contributed by atoms with E-state index in [-0.39, 0.29) is 0 Å². The molecule has 0 fully saturated rings. The number of para-hydroxylation sites is 1. The normalized spacial score (nSPS) is 12.7. The van der Waals surface area contributed by atoms with Crippen molar-refractivity contribution in [3.63, 3.8) is 0 Å². The van der Waals surface area contributed by atoms with E-state index in [0.29, 0.717) is 17.5 Å². The minimum atomic E-state index is 0.590. The van der Waals surface area contributed by atoms with Gasteiger partial charge in [0.2, 0.25) is 0 Å². The molecule has 0 aliphatic heterocycles. The van der Waals surface area contributed by atoms with Gasteiger partial charge in [0.05, 0.1) is 11.0 Å². The third-order valence-corrected chi connectivity index (χ3v) is 12.1. The van der Waals surface area contributed by atoms with E-state index in [9.17, 15) is 0 Å². The quantitative estimate of drug-likeness (QED) is 0.161. The maximum absolute atomic E-state index is 6.73. The second-order valence-electron chi connectivity index (χ2n) is 15.8. The van der Waals surface area contributed by atoms with Gasteiger partial charge in [-0.25, -0.2) is 15.0 Å². The summed E-state index contributed by atoms with van der Waals surface area (Å²) in [6.45, 7) is 0. The van der Waals surface area contributed by atoms with Crippen LogP contribution < -0.4 is 0 Å². The molecule has 11 aromatic rings. The Morgan fingerprint density at radius 1 is 0.403 bits per heavy atom. The predicted octanol–water partition coefficient (Wildman–Crippen LogP) is 14.9. The Kier molecular flexibility index (Phi) is 8.56. The van der Waals surface area contributed by atoms with Gasteiger partial charge in [-0.15, -0.1) is 0 Å². The van der Waals surface area contributed by atoms with Crippen molar-refractivity contribution in [3.05, 3.63) is 212 Å². The molecule has 62 heavy (non-hydrogen) atoms. The number of hydrogen-bond donors (Lipinski definition) is 0. The highest BCUT2D eigenvalue weighted by molar-refractivity contribution is 6.16. The lowest BCUT2D eigenvalue weighted by Gasteiger charge is -2.11. The number of benzene rings is 8. The molecule has 3 heterocycles. The lowest BCUT2D eigenvalue weighted by molar-refractivity contribution is 0.668. The van der Waals surface area contributed by atoms with Gasteiger partial charge in [0.15, 0.2) is 17.5 Å². The highest BCUT2D eigenvalue weighted by atomic mass is 16.3. The zero-order chi connectivity index (χ0) is 41.0. The van der Waals surface area contributed by atoms with E-state index < -0.39 is 0 Å². The largest absolute Gasteiger partial charge is 0.456 e. The molecule has 0 amide bonds. The summed E-state index contributed by atoms with van der Waals surface area (Å²) in [4.78, 5) is 15.5. The van der Waals surface area contributed by atoms with Gasteiger partial charge in [0, 0.05) is 50.0 Å². The molecule has 5 heteroatoms. The van der Waals surface area contributed by atoms with Crippen LogP contribution in [-0.2, 0) is 0 Å². The van der Waals surface area contributed by atoms with Gasteiger partial charge in [0.25, 0.3) is 0 Å². The molecule has 0 spiro atoms. The highest BCUT2D eigenvalue weighted by Crippen LogP contribution is 2.41. The minimum Gasteiger partial charge on any atom is -0.456 e. The van der Waals surface area contributed by atoms with Crippen LogP contribution in [0.3, 0.4) is 0 Å². The number of furan rings is 1. The standard InChI is InChI=1S/C57H38N4O/c1-4-14-37(15-5-1)39-26-30-42(31-27-39)55-58-56(43-32-28-40(29-33-43)38-16-6-2-7-17-38)60-57(59-55)48-22-13-25-51-54(48)47-35-34-44(36-52(47)62-51)61-49-23-11-10-20-46(49)53-45(21-12-24-50(53)61)41-18-8-3-9-19-41/h1,3-6,8-36H,2,7H2. The summed E-state index contributed by atoms with van der Waals surface area (Å²) >= 11 is 0. The van der Waals surface area contributed by atoms with Crippen molar-refractivity contribution >= 4 is 49.3 Å². The molecule has 292 valence electrons. The van der Waals surface area contributed by atoms with E-state index in [1.54, 1.807) is 0 Å². The Morgan fingerprint density at radius 3 is 1.76 bits per heavy atom. The summed E-state index contributed by atoms with van der Waals surface area (Å²) in [5.74, 6) is 1.82. The van der Waals surface area contributed by atoms with Gasteiger partial charge in [-0.3, -0.25) is 0 Å². The van der Waals surface area contributed by atoms with Crippen LogP contribution in [0.15, 0.2) is 211 Å². The van der Waals surface area contributed by atoms with E-state index in [1.807, 2.05) is 18.2 Å². The smallest absolute Gasteiger partial charge is 0.164 e. The van der Waals surface area contributed by atoms with Crippen LogP contribution in [0.5, 0.6) is 0 Å². The Balaban J connectivity index is 1.00. The fourth-order valence-electron chi connectivity index (χ4n) is 9.13. The number of rotatable bonds is 7. The Hall–Kier alpha value is -8.15. The highest BCUT2D eigenvalue weighted by Gasteiger charge is 2.21. The van der Waals surface area contributed by atoms with Crippen LogP contribution in [-0.4, -0.2) is 19.5 Å². The first-order chi connectivity index (χ1) is 30.7. The lowest BCUT2D eigenvalue weighted by atomic mass is 9.98. The maximum atomic E-state index is 6.73. The van der Waals surface area contributed by atoms with E-state index in [0.717, 1.165) is 79.3 Å². The molecular weight excluding hydrogens is 757 g/mol. The first-order valence-electron chi connectivity index (χ1n) is 21.2. The predicted molar refractivity (Wildman–Crippen MR) is 255 cm³/mol. The van der Waals surface area contributed by atoms with Crippen LogP contribution >= 0.6 is 0 Å². The summed E-state index contributed by atoms with van der Waals surface area (Å²) in [6, 6.07) is 66.0. The third-order valence-electron chi connectivity index (χ3n) is 12.1. The molecule has 0 unspecified atom stereocenters. The molecule has 0 atom stereocenters. The summed E-state index contributed by atoms with van der Waals surface area (Å²) < 4.78 is 9.08. The van der Waals surface area contributed by atoms with Crippen LogP contribution in [0.1, 0.15) is 18.4 Å². The van der Waals surface area contributed by atoms with Crippen molar-refractivity contribution < 1.29 is 4.42 Å². The Labute approximate surface area is 358 Å². The van der Waals surface area contributed by atoms with Crippen LogP contribution in [0.25, 0.3) is 111 Å². The molecule has 0 N–H and O–H groups in total. The Morgan fingerprint density at radius 2 is 1.02 bits per heavy atom. The fourth-order valence-corrected chi connectivity index (χ4v) is 9.13. The molecule has 1 aliphatic carbocycles. The average molecular weight is 795 g/mol. The molecular formula is C57H38N4O. The number of hydrogen-bond acceptors (Lipinski definition) is 4. The van der Waals surface area contributed by atoms with Gasteiger partial charge in [-0.1, -0.05) is 170 Å². The van der Waals surface area contributed by atoms with Gasteiger partial charge >= 0.3 is 0 Å². The fraction of sp³-hybridized carbons (Fsp3) is 0.0351. The number of nitrogens with zero attached hydrogens (tertiary/aromatic N) is 4. The lowest BCUT2D eigenvalue weighted by Crippen LogP contribution is -2.00. The summed E-state index contributed by atoms with van der Waals surface area (Å²) in [5.41, 5.74) is 14.8. The number of allylic oxidation sites excluding steroid dienone is 4. The second-order valence-corrected chi connectivity index (χ2v) is 15.8. The molecule has 3 aromatic heterocycles. The molecule has 0 saturated carbocycles.